The Kier molecular flexibility index (Phi) is 4.31. The maximum Gasteiger partial charge on any atom is 0.170 e. The third kappa shape index (κ3) is 2.80. The van der Waals surface area contributed by atoms with Crippen LogP contribution in [0, 0.1) is 0 Å². The number of phenols is 4. The summed E-state index contributed by atoms with van der Waals surface area (Å²) in [4.78, 5) is 13.1. The van der Waals surface area contributed by atoms with Crippen LogP contribution in [0.3, 0.4) is 0 Å². The molecule has 0 spiro atoms. The van der Waals surface area contributed by atoms with Gasteiger partial charge in [0.05, 0.1) is 11.1 Å². The Morgan fingerprint density at radius 1 is 0.857 bits per heavy atom. The molecule has 0 amide bonds. The minimum absolute atomic E-state index is 0.0289. The summed E-state index contributed by atoms with van der Waals surface area (Å²) in [5.74, 6) is -2.68. The molecule has 0 saturated heterocycles. The number of hydrogen-bond donors (Lipinski definition) is 4. The molecule has 0 aliphatic heterocycles. The number of aromatic nitrogens is 3. The van der Waals surface area contributed by atoms with Crippen molar-refractivity contribution in [3.63, 3.8) is 0 Å². The van der Waals surface area contributed by atoms with Gasteiger partial charge >= 0.3 is 0 Å². The average molecular weight is 436 g/mol. The lowest BCUT2D eigenvalue weighted by molar-refractivity contribution is 0.380. The molecule has 2 heterocycles. The number of rotatable bonds is 2. The van der Waals surface area contributed by atoms with Gasteiger partial charge in [-0.05, 0) is 29.7 Å². The van der Waals surface area contributed by atoms with Gasteiger partial charge in [-0.3, -0.25) is 4.98 Å². The van der Waals surface area contributed by atoms with Crippen LogP contribution >= 0.6 is 15.9 Å². The fraction of sp³-hybridized carbons (Fsp3) is 0. The zero-order valence-corrected chi connectivity index (χ0v) is 15.7. The van der Waals surface area contributed by atoms with Gasteiger partial charge in [-0.25, -0.2) is 9.97 Å². The molecule has 0 saturated carbocycles. The van der Waals surface area contributed by atoms with Crippen molar-refractivity contribution in [2.75, 3.05) is 0 Å². The number of pyridine rings is 1. The van der Waals surface area contributed by atoms with Crippen LogP contribution in [0.2, 0.25) is 0 Å². The molecule has 0 bridgehead atoms. The fourth-order valence-corrected chi connectivity index (χ4v) is 3.24. The second kappa shape index (κ2) is 6.68. The molecule has 0 atom stereocenters. The molecule has 28 heavy (non-hydrogen) atoms. The lowest BCUT2D eigenvalue weighted by atomic mass is 9.90. The summed E-state index contributed by atoms with van der Waals surface area (Å²) < 4.78 is 0.815. The molecule has 0 aliphatic rings. The molecule has 7 nitrogen and oxygen atoms in total. The van der Waals surface area contributed by atoms with E-state index in [1.807, 2.05) is 12.1 Å². The van der Waals surface area contributed by atoms with Crippen LogP contribution in [-0.2, 0) is 0 Å². The van der Waals surface area contributed by atoms with Crippen molar-refractivity contribution in [1.29, 1.82) is 0 Å². The lowest BCUT2D eigenvalue weighted by Gasteiger charge is -2.15. The van der Waals surface area contributed by atoms with E-state index in [2.05, 4.69) is 30.9 Å². The SMILES string of the molecule is [B]c1c(O)c(O)c(-c2nc(-c3cccc(Br)c3)nc3cccnc23)c(O)c1O. The Hall–Kier alpha value is -3.33. The predicted octanol–water partition coefficient (Wildman–Crippen LogP) is 2.74. The summed E-state index contributed by atoms with van der Waals surface area (Å²) >= 11 is 3.39. The van der Waals surface area contributed by atoms with Crippen molar-refractivity contribution in [3.05, 3.63) is 47.1 Å². The van der Waals surface area contributed by atoms with Crippen LogP contribution in [0.1, 0.15) is 0 Å². The Balaban J connectivity index is 2.11. The molecular formula is C19H11BBrN3O4. The molecule has 2 aromatic carbocycles. The van der Waals surface area contributed by atoms with Gasteiger partial charge in [-0.15, -0.1) is 0 Å². The number of nitrogens with zero attached hydrogens (tertiary/aromatic N) is 3. The van der Waals surface area contributed by atoms with E-state index in [1.165, 1.54) is 6.20 Å². The van der Waals surface area contributed by atoms with Crippen LogP contribution in [0.5, 0.6) is 23.0 Å². The molecule has 2 radical (unpaired) electrons. The van der Waals surface area contributed by atoms with Gasteiger partial charge in [0.15, 0.2) is 28.8 Å². The lowest BCUT2D eigenvalue weighted by Crippen LogP contribution is -2.06. The number of fused-ring (bicyclic) bond motifs is 1. The van der Waals surface area contributed by atoms with E-state index in [-0.39, 0.29) is 16.8 Å². The Morgan fingerprint density at radius 2 is 1.57 bits per heavy atom. The standard InChI is InChI=1S/C19H11BBrN3O4/c20-12-17(27)15(25)11(16(26)18(12)28)14-13-10(5-2-6-22-13)23-19(24-14)8-3-1-4-9(21)7-8/h1-7,25-28H. The molecule has 136 valence electrons. The van der Waals surface area contributed by atoms with E-state index in [0.717, 1.165) is 4.47 Å². The topological polar surface area (TPSA) is 120 Å². The first-order valence-corrected chi connectivity index (χ1v) is 8.82. The molecule has 9 heteroatoms. The highest BCUT2D eigenvalue weighted by Crippen LogP contribution is 2.47. The number of aromatic hydroxyl groups is 4. The molecule has 0 fully saturated rings. The Morgan fingerprint density at radius 3 is 2.25 bits per heavy atom. The summed E-state index contributed by atoms with van der Waals surface area (Å²) in [5, 5.41) is 40.9. The van der Waals surface area contributed by atoms with Gasteiger partial charge in [-0.2, -0.15) is 0 Å². The molecule has 0 aliphatic carbocycles. The van der Waals surface area contributed by atoms with Crippen LogP contribution in [0.4, 0.5) is 0 Å². The zero-order valence-electron chi connectivity index (χ0n) is 14.1. The van der Waals surface area contributed by atoms with Gasteiger partial charge in [0.1, 0.15) is 19.1 Å². The zero-order chi connectivity index (χ0) is 20.0. The van der Waals surface area contributed by atoms with Crippen molar-refractivity contribution in [2.24, 2.45) is 0 Å². The smallest absolute Gasteiger partial charge is 0.170 e. The van der Waals surface area contributed by atoms with Crippen molar-refractivity contribution in [1.82, 2.24) is 15.0 Å². The number of benzene rings is 2. The van der Waals surface area contributed by atoms with Crippen LogP contribution in [0.15, 0.2) is 47.1 Å². The summed E-state index contributed by atoms with van der Waals surface area (Å²) in [7, 11) is 5.51. The fourth-order valence-electron chi connectivity index (χ4n) is 2.84. The molecule has 4 aromatic rings. The second-order valence-corrected chi connectivity index (χ2v) is 6.88. The van der Waals surface area contributed by atoms with Gasteiger partial charge in [0, 0.05) is 16.2 Å². The van der Waals surface area contributed by atoms with E-state index in [9.17, 15) is 20.4 Å². The normalized spacial score (nSPS) is 11.0. The molecule has 2 aromatic heterocycles. The molecule has 4 rings (SSSR count). The third-order valence-electron chi connectivity index (χ3n) is 4.21. The highest BCUT2D eigenvalue weighted by molar-refractivity contribution is 9.10. The van der Waals surface area contributed by atoms with Gasteiger partial charge in [-0.1, -0.05) is 28.1 Å². The minimum atomic E-state index is -0.767. The first kappa shape index (κ1) is 18.1. The van der Waals surface area contributed by atoms with Gasteiger partial charge in [0.25, 0.3) is 0 Å². The van der Waals surface area contributed by atoms with Gasteiger partial charge < -0.3 is 20.4 Å². The van der Waals surface area contributed by atoms with Crippen molar-refractivity contribution in [2.45, 2.75) is 0 Å². The quantitative estimate of drug-likeness (QED) is 0.217. The van der Waals surface area contributed by atoms with Crippen molar-refractivity contribution in [3.8, 4) is 45.6 Å². The molecule has 0 unspecified atom stereocenters. The predicted molar refractivity (Wildman–Crippen MR) is 108 cm³/mol. The van der Waals surface area contributed by atoms with Crippen molar-refractivity contribution < 1.29 is 20.4 Å². The van der Waals surface area contributed by atoms with Crippen LogP contribution < -0.4 is 5.46 Å². The van der Waals surface area contributed by atoms with Gasteiger partial charge in [0.2, 0.25) is 0 Å². The van der Waals surface area contributed by atoms with E-state index < -0.39 is 28.5 Å². The molecule has 4 N–H and O–H groups in total. The van der Waals surface area contributed by atoms with E-state index in [4.69, 9.17) is 7.85 Å². The number of hydrogen-bond acceptors (Lipinski definition) is 7. The van der Waals surface area contributed by atoms with Crippen molar-refractivity contribution >= 4 is 40.3 Å². The summed E-state index contributed by atoms with van der Waals surface area (Å²) in [6.07, 6.45) is 1.50. The van der Waals surface area contributed by atoms with Crippen LogP contribution in [0.25, 0.3) is 33.7 Å². The van der Waals surface area contributed by atoms with E-state index >= 15 is 0 Å². The maximum atomic E-state index is 10.4. The minimum Gasteiger partial charge on any atom is -0.505 e. The van der Waals surface area contributed by atoms with Crippen LogP contribution in [-0.4, -0.2) is 43.2 Å². The summed E-state index contributed by atoms with van der Waals surface area (Å²) in [6.45, 7) is 0. The van der Waals surface area contributed by atoms with E-state index in [1.54, 1.807) is 24.3 Å². The maximum absolute atomic E-state index is 10.4. The van der Waals surface area contributed by atoms with E-state index in [0.29, 0.717) is 16.9 Å². The highest BCUT2D eigenvalue weighted by Gasteiger charge is 2.25. The summed E-state index contributed by atoms with van der Waals surface area (Å²) in [6, 6.07) is 10.6. The largest absolute Gasteiger partial charge is 0.505 e. The Bertz CT molecular complexity index is 1220. The monoisotopic (exact) mass is 435 g/mol. The summed E-state index contributed by atoms with van der Waals surface area (Å²) in [5.41, 5.74) is 0.557. The molecular weight excluding hydrogens is 425 g/mol. The number of phenolic OH excluding ortho intramolecular Hbond substituents is 4. The first-order valence-electron chi connectivity index (χ1n) is 8.03. The first-order chi connectivity index (χ1) is 13.4. The third-order valence-corrected chi connectivity index (χ3v) is 4.70. The Labute approximate surface area is 168 Å². The number of halogens is 1. The average Bonchev–Trinajstić information content (AvgIpc) is 2.70. The highest BCUT2D eigenvalue weighted by atomic mass is 79.9. The second-order valence-electron chi connectivity index (χ2n) is 5.96.